The number of hydrogen-bond acceptors (Lipinski definition) is 18. The molecule has 9 rings (SSSR count). The number of fused-ring (bicyclic) bond motifs is 4. The van der Waals surface area contributed by atoms with Crippen molar-refractivity contribution in [1.82, 2.24) is 19.8 Å². The van der Waals surface area contributed by atoms with Gasteiger partial charge in [-0.25, -0.2) is 22.9 Å². The lowest BCUT2D eigenvalue weighted by Crippen LogP contribution is -2.29. The highest BCUT2D eigenvalue weighted by molar-refractivity contribution is 7.54. The van der Waals surface area contributed by atoms with Crippen LogP contribution in [-0.2, 0) is 45.6 Å². The molecule has 0 saturated heterocycles. The van der Waals surface area contributed by atoms with Crippen LogP contribution in [0.4, 0.5) is 8.78 Å². The molecule has 424 valence electrons. The van der Waals surface area contributed by atoms with Gasteiger partial charge < -0.3 is 38.9 Å². The number of phenols is 2. The van der Waals surface area contributed by atoms with Gasteiger partial charge in [0.2, 0.25) is 0 Å². The van der Waals surface area contributed by atoms with E-state index in [9.17, 15) is 61.8 Å². The van der Waals surface area contributed by atoms with Crippen LogP contribution in [0.5, 0.6) is 28.7 Å². The summed E-state index contributed by atoms with van der Waals surface area (Å²) in [4.78, 5) is 96.6. The second-order valence-electron chi connectivity index (χ2n) is 17.7. The third kappa shape index (κ3) is 13.2. The van der Waals surface area contributed by atoms with E-state index < -0.39 is 98.9 Å². The topological polar surface area (TPSA) is 305 Å². The van der Waals surface area contributed by atoms with Gasteiger partial charge >= 0.3 is 27.1 Å². The molecule has 4 N–H and O–H groups in total. The fraction of sp³-hybridized carbons (Fsp3) is 0.236. The average Bonchev–Trinajstić information content (AvgIpc) is 2.43. The Hall–Kier alpha value is -8.66. The minimum atomic E-state index is -4.38. The van der Waals surface area contributed by atoms with Crippen LogP contribution in [-0.4, -0.2) is 120 Å². The number of carboxylic acids is 1. The van der Waals surface area contributed by atoms with Gasteiger partial charge in [-0.3, -0.25) is 52.6 Å². The summed E-state index contributed by atoms with van der Waals surface area (Å²) < 4.78 is 85.5. The Morgan fingerprint density at radius 1 is 0.617 bits per heavy atom. The maximum atomic E-state index is 13.9. The first-order chi connectivity index (χ1) is 38.1. The van der Waals surface area contributed by atoms with Gasteiger partial charge in [0.25, 0.3) is 23.6 Å². The third-order valence-electron chi connectivity index (χ3n) is 12.2. The van der Waals surface area contributed by atoms with Crippen molar-refractivity contribution in [1.29, 1.82) is 0 Å². The van der Waals surface area contributed by atoms with Crippen molar-refractivity contribution in [3.8, 4) is 28.7 Å². The van der Waals surface area contributed by atoms with Crippen molar-refractivity contribution in [2.24, 2.45) is 0 Å². The molecular formula is C55H52F2N4O18P2. The van der Waals surface area contributed by atoms with Crippen molar-refractivity contribution in [3.05, 3.63) is 161 Å². The van der Waals surface area contributed by atoms with E-state index >= 15 is 0 Å². The van der Waals surface area contributed by atoms with Crippen molar-refractivity contribution in [2.75, 3.05) is 32.1 Å². The molecule has 4 heterocycles. The molecule has 4 amide bonds. The standard InChI is InChI=1S/C31H28FN2O9P.C23H20FN2O9P.CH4/c1-3-40-31(38)19(2)42-44(39,43-22-8-5-4-6-9-22)17-16-41-28-23-10-7-15-33-26(23)27(35)24-25(28)30(37)34(29(24)36)18-20-11-13-21(32)14-12-20;1-12(23(30)31)35-36(32,33)10-9-34-20-15-3-2-8-25-18(15)19(27)16-17(20)22(29)26(21(16)28)11-13-4-6-14(24)7-5-13;/h4-15,19,35H,3,16-18H2,1-2H3;2-8,12,27H,9-11H2,1H3,(H,30,31)(H,32,33);1H4/t19-,44?;12-;/m10./s1. The minimum Gasteiger partial charge on any atom is -0.505 e. The van der Waals surface area contributed by atoms with Crippen LogP contribution in [0.25, 0.3) is 21.8 Å². The average molecular weight is 1160 g/mol. The van der Waals surface area contributed by atoms with Crippen LogP contribution in [0.1, 0.15) is 80.8 Å². The number of phenolic OH excluding ortho intramolecular Hbond substituents is 2. The van der Waals surface area contributed by atoms with Gasteiger partial charge in [-0.2, -0.15) is 0 Å². The third-order valence-corrected chi connectivity index (χ3v) is 15.4. The molecule has 5 aromatic carbocycles. The fourth-order valence-electron chi connectivity index (χ4n) is 8.38. The Labute approximate surface area is 460 Å². The smallest absolute Gasteiger partial charge is 0.383 e. The zero-order valence-electron chi connectivity index (χ0n) is 42.5. The number of carboxylic acid groups (broad SMARTS) is 1. The molecule has 81 heavy (non-hydrogen) atoms. The SMILES string of the molecule is C.CCOC(=O)[C@@H](C)OP(=O)(CCOc1c2c(c(O)c3ncccc13)C(=O)N(Cc1ccc(F)cc1)C2=O)Oc1ccccc1.C[C@H](OP(=O)(O)CCOc1c2c(c(O)c3ncccc13)C(=O)N(Cc1ccc(F)cc1)C2=O)C(=O)O. The van der Waals surface area contributed by atoms with Crippen molar-refractivity contribution >= 4 is 72.6 Å². The van der Waals surface area contributed by atoms with Gasteiger partial charge in [-0.15, -0.1) is 0 Å². The Bertz CT molecular complexity index is 3670. The molecule has 0 aliphatic carbocycles. The lowest BCUT2D eigenvalue weighted by atomic mass is 10.0. The number of aliphatic carboxylic acids is 1. The lowest BCUT2D eigenvalue weighted by Gasteiger charge is -2.23. The molecule has 0 radical (unpaired) electrons. The molecule has 0 spiro atoms. The summed E-state index contributed by atoms with van der Waals surface area (Å²) in [6.45, 7) is 2.97. The number of aromatic hydroxyl groups is 2. The highest BCUT2D eigenvalue weighted by Crippen LogP contribution is 2.51. The molecule has 0 bridgehead atoms. The number of para-hydroxylation sites is 1. The summed E-state index contributed by atoms with van der Waals surface area (Å²) in [6.07, 6.45) is -0.996. The summed E-state index contributed by atoms with van der Waals surface area (Å²) in [6, 6.07) is 24.8. The van der Waals surface area contributed by atoms with Crippen molar-refractivity contribution in [2.45, 2.75) is 53.5 Å². The molecular weight excluding hydrogens is 1100 g/mol. The summed E-state index contributed by atoms with van der Waals surface area (Å²) in [5, 5.41) is 31.1. The second kappa shape index (κ2) is 25.2. The fourth-order valence-corrected chi connectivity index (χ4v) is 11.0. The first kappa shape index (κ1) is 60.0. The highest BCUT2D eigenvalue weighted by atomic mass is 31.2. The largest absolute Gasteiger partial charge is 0.505 e. The number of carbonyl (C=O) groups excluding carboxylic acids is 5. The number of esters is 1. The number of pyridine rings is 2. The molecule has 4 atom stereocenters. The number of nitrogens with zero attached hydrogens (tertiary/aromatic N) is 4. The van der Waals surface area contributed by atoms with E-state index in [4.69, 9.17) is 28.4 Å². The quantitative estimate of drug-likeness (QED) is 0.0296. The summed E-state index contributed by atoms with van der Waals surface area (Å²) in [5.41, 5.74) is -0.164. The van der Waals surface area contributed by atoms with Crippen LogP contribution >= 0.6 is 15.2 Å². The normalized spacial score (nSPS) is 14.9. The van der Waals surface area contributed by atoms with Gasteiger partial charge in [-0.1, -0.05) is 49.9 Å². The summed E-state index contributed by atoms with van der Waals surface area (Å²) in [5.74, 6) is -7.27. The molecule has 0 fully saturated rings. The predicted octanol–water partition coefficient (Wildman–Crippen LogP) is 9.06. The number of carbonyl (C=O) groups is 6. The van der Waals surface area contributed by atoms with Crippen molar-refractivity contribution in [3.63, 3.8) is 0 Å². The molecule has 22 nitrogen and oxygen atoms in total. The molecule has 0 saturated carbocycles. The maximum Gasteiger partial charge on any atom is 0.383 e. The number of amides is 4. The zero-order valence-corrected chi connectivity index (χ0v) is 44.3. The first-order valence-electron chi connectivity index (χ1n) is 24.3. The van der Waals surface area contributed by atoms with Crippen LogP contribution in [0.3, 0.4) is 0 Å². The van der Waals surface area contributed by atoms with E-state index in [0.29, 0.717) is 11.1 Å². The van der Waals surface area contributed by atoms with Crippen LogP contribution < -0.4 is 14.0 Å². The number of aromatic nitrogens is 2. The summed E-state index contributed by atoms with van der Waals surface area (Å²) in [7, 11) is -8.46. The van der Waals surface area contributed by atoms with E-state index in [-0.39, 0.29) is 101 Å². The maximum absolute atomic E-state index is 13.9. The molecule has 7 aromatic rings. The van der Waals surface area contributed by atoms with E-state index in [0.717, 1.165) is 16.7 Å². The van der Waals surface area contributed by atoms with E-state index in [1.165, 1.54) is 80.0 Å². The number of benzene rings is 5. The Morgan fingerprint density at radius 2 is 1.06 bits per heavy atom. The van der Waals surface area contributed by atoms with E-state index in [1.54, 1.807) is 49.4 Å². The highest BCUT2D eigenvalue weighted by Gasteiger charge is 2.45. The Kier molecular flexibility index (Phi) is 18.7. The number of hydrogen-bond donors (Lipinski definition) is 4. The van der Waals surface area contributed by atoms with Crippen LogP contribution in [0.2, 0.25) is 0 Å². The van der Waals surface area contributed by atoms with Gasteiger partial charge in [-0.05, 0) is 92.6 Å². The molecule has 26 heteroatoms. The second-order valence-corrected chi connectivity index (χ2v) is 21.7. The molecule has 2 aliphatic rings. The van der Waals surface area contributed by atoms with E-state index in [2.05, 4.69) is 14.5 Å². The Balaban J connectivity index is 0.000000235. The summed E-state index contributed by atoms with van der Waals surface area (Å²) >= 11 is 0. The first-order valence-corrected chi connectivity index (χ1v) is 27.8. The number of imide groups is 2. The predicted molar refractivity (Wildman–Crippen MR) is 285 cm³/mol. The van der Waals surface area contributed by atoms with Gasteiger partial charge in [0.1, 0.15) is 57.7 Å². The number of halogens is 2. The van der Waals surface area contributed by atoms with Crippen molar-refractivity contribution < 1.29 is 94.7 Å². The van der Waals surface area contributed by atoms with Gasteiger partial charge in [0.05, 0.1) is 49.8 Å². The number of rotatable bonds is 21. The Morgan fingerprint density at radius 3 is 1.51 bits per heavy atom. The van der Waals surface area contributed by atoms with Crippen LogP contribution in [0.15, 0.2) is 116 Å². The monoisotopic (exact) mass is 1160 g/mol. The molecule has 2 unspecified atom stereocenters. The van der Waals surface area contributed by atoms with Gasteiger partial charge in [0, 0.05) is 23.2 Å². The van der Waals surface area contributed by atoms with Gasteiger partial charge in [0.15, 0.2) is 23.7 Å². The minimum absolute atomic E-state index is 0. The lowest BCUT2D eigenvalue weighted by molar-refractivity contribution is -0.150. The number of ether oxygens (including phenoxy) is 3. The molecule has 2 aliphatic heterocycles. The van der Waals surface area contributed by atoms with Crippen LogP contribution in [0, 0.1) is 11.6 Å². The zero-order chi connectivity index (χ0) is 57.6. The molecule has 2 aromatic heterocycles. The van der Waals surface area contributed by atoms with E-state index in [1.807, 2.05) is 0 Å².